The van der Waals surface area contributed by atoms with Crippen LogP contribution in [0, 0.1) is 0 Å². The van der Waals surface area contributed by atoms with Crippen LogP contribution >= 0.6 is 11.3 Å². The molecule has 134 valence electrons. The van der Waals surface area contributed by atoms with E-state index in [0.29, 0.717) is 6.04 Å². The van der Waals surface area contributed by atoms with Crippen molar-refractivity contribution in [3.05, 3.63) is 70.6 Å². The molecule has 6 heteroatoms. The van der Waals surface area contributed by atoms with E-state index in [1.807, 2.05) is 24.5 Å². The zero-order valence-corrected chi connectivity index (χ0v) is 15.8. The zero-order chi connectivity index (χ0) is 17.8. The summed E-state index contributed by atoms with van der Waals surface area (Å²) in [6.45, 7) is 6.27. The highest BCUT2D eigenvalue weighted by molar-refractivity contribution is 7.09. The number of anilines is 1. The molecule has 0 aliphatic carbocycles. The van der Waals surface area contributed by atoms with Crippen LogP contribution in [0.15, 0.2) is 54.2 Å². The molecule has 1 aromatic carbocycles. The lowest BCUT2D eigenvalue weighted by atomic mass is 10.1. The first-order chi connectivity index (χ1) is 12.8. The quantitative estimate of drug-likeness (QED) is 0.693. The number of rotatable bonds is 5. The zero-order valence-electron chi connectivity index (χ0n) is 15.0. The minimum absolute atomic E-state index is 0.385. The fraction of sp³-hybridized carbons (Fsp3) is 0.350. The summed E-state index contributed by atoms with van der Waals surface area (Å²) < 4.78 is 0. The standard InChI is InChI=1S/C20H23N5S/c1-16(20-22-9-14-26-20)24-10-12-25(13-11-24)19-7-8-21-18(23-19)15-17-5-3-2-4-6-17/h2-9,14,16H,10-13,15H2,1H3. The van der Waals surface area contributed by atoms with E-state index in [4.69, 9.17) is 4.98 Å². The van der Waals surface area contributed by atoms with Gasteiger partial charge in [-0.3, -0.25) is 4.90 Å². The van der Waals surface area contributed by atoms with Gasteiger partial charge in [-0.25, -0.2) is 15.0 Å². The number of benzene rings is 1. The molecule has 1 aliphatic heterocycles. The summed E-state index contributed by atoms with van der Waals surface area (Å²) in [4.78, 5) is 18.6. The summed E-state index contributed by atoms with van der Waals surface area (Å²) in [5, 5.41) is 3.25. The number of piperazine rings is 1. The van der Waals surface area contributed by atoms with Gasteiger partial charge in [0.15, 0.2) is 0 Å². The molecule has 3 aromatic rings. The number of hydrogen-bond donors (Lipinski definition) is 0. The fourth-order valence-electron chi connectivity index (χ4n) is 3.36. The second-order valence-electron chi connectivity index (χ2n) is 6.56. The number of nitrogens with zero attached hydrogens (tertiary/aromatic N) is 5. The molecule has 1 fully saturated rings. The smallest absolute Gasteiger partial charge is 0.135 e. The normalized spacial score (nSPS) is 16.6. The van der Waals surface area contributed by atoms with E-state index in [1.54, 1.807) is 11.3 Å². The lowest BCUT2D eigenvalue weighted by molar-refractivity contribution is 0.198. The van der Waals surface area contributed by atoms with Crippen molar-refractivity contribution in [1.82, 2.24) is 19.9 Å². The Labute approximate surface area is 158 Å². The Balaban J connectivity index is 1.39. The molecule has 0 N–H and O–H groups in total. The lowest BCUT2D eigenvalue weighted by Crippen LogP contribution is -2.47. The Hall–Kier alpha value is -2.31. The molecule has 0 radical (unpaired) electrons. The molecule has 2 aromatic heterocycles. The van der Waals surface area contributed by atoms with Crippen LogP contribution in [0.4, 0.5) is 5.82 Å². The molecule has 1 unspecified atom stereocenters. The van der Waals surface area contributed by atoms with Crippen LogP contribution in [0.2, 0.25) is 0 Å². The van der Waals surface area contributed by atoms with Crippen LogP contribution in [0.1, 0.15) is 29.4 Å². The fourth-order valence-corrected chi connectivity index (χ4v) is 4.09. The van der Waals surface area contributed by atoms with E-state index >= 15 is 0 Å². The Morgan fingerprint density at radius 3 is 2.54 bits per heavy atom. The maximum atomic E-state index is 4.80. The number of thiazole rings is 1. The van der Waals surface area contributed by atoms with Crippen molar-refractivity contribution in [2.24, 2.45) is 0 Å². The van der Waals surface area contributed by atoms with Gasteiger partial charge in [0, 0.05) is 50.4 Å². The minimum Gasteiger partial charge on any atom is -0.354 e. The van der Waals surface area contributed by atoms with Gasteiger partial charge >= 0.3 is 0 Å². The number of aromatic nitrogens is 3. The van der Waals surface area contributed by atoms with Crippen LogP contribution in [0.25, 0.3) is 0 Å². The second kappa shape index (κ2) is 7.93. The Kier molecular flexibility index (Phi) is 5.22. The SMILES string of the molecule is CC(c1nccs1)N1CCN(c2ccnc(Cc3ccccc3)n2)CC1. The van der Waals surface area contributed by atoms with Gasteiger partial charge in [-0.05, 0) is 18.6 Å². The second-order valence-corrected chi connectivity index (χ2v) is 7.49. The van der Waals surface area contributed by atoms with Crippen LogP contribution in [-0.2, 0) is 6.42 Å². The largest absolute Gasteiger partial charge is 0.354 e. The van der Waals surface area contributed by atoms with Gasteiger partial charge in [-0.2, -0.15) is 0 Å². The Morgan fingerprint density at radius 1 is 1.00 bits per heavy atom. The van der Waals surface area contributed by atoms with Gasteiger partial charge in [0.1, 0.15) is 16.6 Å². The highest BCUT2D eigenvalue weighted by Gasteiger charge is 2.24. The molecule has 1 atom stereocenters. The molecule has 4 rings (SSSR count). The molecule has 1 aliphatic rings. The Morgan fingerprint density at radius 2 is 1.81 bits per heavy atom. The van der Waals surface area contributed by atoms with E-state index in [1.165, 1.54) is 10.6 Å². The van der Waals surface area contributed by atoms with Crippen molar-refractivity contribution >= 4 is 17.2 Å². The molecule has 3 heterocycles. The summed E-state index contributed by atoms with van der Waals surface area (Å²) in [7, 11) is 0. The van der Waals surface area contributed by atoms with Crippen molar-refractivity contribution in [1.29, 1.82) is 0 Å². The van der Waals surface area contributed by atoms with Crippen LogP contribution in [0.3, 0.4) is 0 Å². The first kappa shape index (κ1) is 17.1. The van der Waals surface area contributed by atoms with Gasteiger partial charge in [0.25, 0.3) is 0 Å². The van der Waals surface area contributed by atoms with Crippen molar-refractivity contribution in [3.8, 4) is 0 Å². The molecule has 1 saturated heterocycles. The van der Waals surface area contributed by atoms with Crippen molar-refractivity contribution in [2.45, 2.75) is 19.4 Å². The summed E-state index contributed by atoms with van der Waals surface area (Å²) in [5.74, 6) is 1.92. The maximum absolute atomic E-state index is 4.80. The van der Waals surface area contributed by atoms with Gasteiger partial charge in [-0.15, -0.1) is 11.3 Å². The average molecular weight is 366 g/mol. The summed E-state index contributed by atoms with van der Waals surface area (Å²) in [5.41, 5.74) is 1.24. The minimum atomic E-state index is 0.385. The van der Waals surface area contributed by atoms with E-state index in [2.05, 4.69) is 56.3 Å². The highest BCUT2D eigenvalue weighted by Crippen LogP contribution is 2.24. The van der Waals surface area contributed by atoms with E-state index in [-0.39, 0.29) is 0 Å². The topological polar surface area (TPSA) is 45.2 Å². The van der Waals surface area contributed by atoms with Gasteiger partial charge in [0.2, 0.25) is 0 Å². The monoisotopic (exact) mass is 365 g/mol. The first-order valence-electron chi connectivity index (χ1n) is 9.04. The summed E-state index contributed by atoms with van der Waals surface area (Å²) >= 11 is 1.74. The van der Waals surface area contributed by atoms with Gasteiger partial charge in [0.05, 0.1) is 6.04 Å². The van der Waals surface area contributed by atoms with Crippen molar-refractivity contribution < 1.29 is 0 Å². The van der Waals surface area contributed by atoms with E-state index < -0.39 is 0 Å². The van der Waals surface area contributed by atoms with Crippen LogP contribution < -0.4 is 4.90 Å². The molecule has 0 spiro atoms. The first-order valence-corrected chi connectivity index (χ1v) is 9.92. The van der Waals surface area contributed by atoms with E-state index in [0.717, 1.165) is 44.2 Å². The summed E-state index contributed by atoms with van der Waals surface area (Å²) in [6, 6.07) is 12.8. The molecule has 0 amide bonds. The third-order valence-electron chi connectivity index (χ3n) is 4.89. The third kappa shape index (κ3) is 3.92. The third-order valence-corrected chi connectivity index (χ3v) is 5.84. The molecule has 0 bridgehead atoms. The predicted octanol–water partition coefficient (Wildman–Crippen LogP) is 3.41. The number of hydrogen-bond acceptors (Lipinski definition) is 6. The Bertz CT molecular complexity index is 813. The van der Waals surface area contributed by atoms with Crippen LogP contribution in [-0.4, -0.2) is 46.0 Å². The van der Waals surface area contributed by atoms with Gasteiger partial charge in [-0.1, -0.05) is 30.3 Å². The van der Waals surface area contributed by atoms with E-state index in [9.17, 15) is 0 Å². The maximum Gasteiger partial charge on any atom is 0.135 e. The average Bonchev–Trinajstić information content (AvgIpc) is 3.23. The van der Waals surface area contributed by atoms with Gasteiger partial charge < -0.3 is 4.90 Å². The predicted molar refractivity (Wildman–Crippen MR) is 106 cm³/mol. The highest BCUT2D eigenvalue weighted by atomic mass is 32.1. The molecular weight excluding hydrogens is 342 g/mol. The molecule has 26 heavy (non-hydrogen) atoms. The van der Waals surface area contributed by atoms with Crippen molar-refractivity contribution in [3.63, 3.8) is 0 Å². The van der Waals surface area contributed by atoms with Crippen molar-refractivity contribution in [2.75, 3.05) is 31.1 Å². The molecule has 0 saturated carbocycles. The molecular formula is C20H23N5S. The molecule has 5 nitrogen and oxygen atoms in total. The summed E-state index contributed by atoms with van der Waals surface area (Å²) in [6.07, 6.45) is 4.54. The lowest BCUT2D eigenvalue weighted by Gasteiger charge is -2.38. The van der Waals surface area contributed by atoms with Crippen LogP contribution in [0.5, 0.6) is 0 Å².